The van der Waals surface area contributed by atoms with Crippen molar-refractivity contribution in [2.75, 3.05) is 14.2 Å². The molecule has 0 aliphatic carbocycles. The molecule has 1 aromatic rings. The molecule has 0 fully saturated rings. The van der Waals surface area contributed by atoms with Gasteiger partial charge in [0.05, 0.1) is 14.2 Å². The van der Waals surface area contributed by atoms with Crippen LogP contribution in [0.4, 0.5) is 0 Å². The van der Waals surface area contributed by atoms with Crippen LogP contribution < -0.4 is 9.47 Å². The Morgan fingerprint density at radius 1 is 1.22 bits per heavy atom. The number of benzene rings is 1. The van der Waals surface area contributed by atoms with Gasteiger partial charge in [-0.05, 0) is 36.0 Å². The third kappa shape index (κ3) is 2.33. The second-order valence-electron chi connectivity index (χ2n) is 5.44. The first kappa shape index (κ1) is 13.6. The van der Waals surface area contributed by atoms with Crippen LogP contribution in [-0.2, 0) is 5.41 Å². The van der Waals surface area contributed by atoms with Crippen molar-refractivity contribution in [1.82, 2.24) is 0 Å². The van der Waals surface area contributed by atoms with Crippen LogP contribution in [0.3, 0.4) is 0 Å². The summed E-state index contributed by atoms with van der Waals surface area (Å²) in [6.07, 6.45) is 2.43. The van der Waals surface area contributed by atoms with Crippen LogP contribution in [0.25, 0.3) is 0 Å². The molecule has 1 atom stereocenters. The molecule has 3 heteroatoms. The second-order valence-corrected chi connectivity index (χ2v) is 6.78. The Morgan fingerprint density at radius 3 is 2.39 bits per heavy atom. The van der Waals surface area contributed by atoms with E-state index in [2.05, 4.69) is 32.9 Å². The van der Waals surface area contributed by atoms with Crippen molar-refractivity contribution in [3.63, 3.8) is 0 Å². The summed E-state index contributed by atoms with van der Waals surface area (Å²) < 4.78 is 10.8. The molecule has 0 bridgehead atoms. The molecule has 1 heterocycles. The molecule has 0 amide bonds. The van der Waals surface area contributed by atoms with Crippen molar-refractivity contribution in [2.45, 2.75) is 49.2 Å². The summed E-state index contributed by atoms with van der Waals surface area (Å²) in [5.74, 6) is 1.66. The van der Waals surface area contributed by atoms with Crippen LogP contribution in [0, 0.1) is 0 Å². The van der Waals surface area contributed by atoms with Crippen molar-refractivity contribution in [3.8, 4) is 11.5 Å². The third-order valence-electron chi connectivity index (χ3n) is 3.70. The molecule has 0 N–H and O–H groups in total. The van der Waals surface area contributed by atoms with Gasteiger partial charge < -0.3 is 9.47 Å². The summed E-state index contributed by atoms with van der Waals surface area (Å²) in [5, 5.41) is 0.700. The summed E-state index contributed by atoms with van der Waals surface area (Å²) in [7, 11) is 3.39. The molecule has 0 saturated carbocycles. The van der Waals surface area contributed by atoms with E-state index in [1.165, 1.54) is 23.3 Å². The van der Waals surface area contributed by atoms with Gasteiger partial charge in [0, 0.05) is 10.1 Å². The highest BCUT2D eigenvalue weighted by atomic mass is 32.2. The molecule has 1 aromatic carbocycles. The highest BCUT2D eigenvalue weighted by molar-refractivity contribution is 8.00. The first-order chi connectivity index (χ1) is 8.51. The Kier molecular flexibility index (Phi) is 3.81. The maximum atomic E-state index is 5.41. The molecule has 0 spiro atoms. The number of fused-ring (bicyclic) bond motifs is 1. The van der Waals surface area contributed by atoms with E-state index in [0.717, 1.165) is 11.5 Å². The smallest absolute Gasteiger partial charge is 0.161 e. The predicted octanol–water partition coefficient (Wildman–Crippen LogP) is 4.26. The van der Waals surface area contributed by atoms with Crippen LogP contribution in [-0.4, -0.2) is 19.5 Å². The fourth-order valence-electron chi connectivity index (χ4n) is 2.61. The lowest BCUT2D eigenvalue weighted by Gasteiger charge is -2.37. The Morgan fingerprint density at radius 2 is 1.83 bits per heavy atom. The number of hydrogen-bond donors (Lipinski definition) is 0. The monoisotopic (exact) mass is 266 g/mol. The zero-order chi connectivity index (χ0) is 13.3. The van der Waals surface area contributed by atoms with Crippen molar-refractivity contribution >= 4 is 11.8 Å². The zero-order valence-corrected chi connectivity index (χ0v) is 12.7. The van der Waals surface area contributed by atoms with Crippen molar-refractivity contribution in [3.05, 3.63) is 17.7 Å². The molecule has 1 aliphatic heterocycles. The van der Waals surface area contributed by atoms with Gasteiger partial charge in [0.1, 0.15) is 0 Å². The van der Waals surface area contributed by atoms with Crippen molar-refractivity contribution in [2.24, 2.45) is 0 Å². The van der Waals surface area contributed by atoms with Crippen molar-refractivity contribution < 1.29 is 9.47 Å². The molecule has 18 heavy (non-hydrogen) atoms. The van der Waals surface area contributed by atoms with E-state index < -0.39 is 0 Å². The first-order valence-corrected chi connectivity index (χ1v) is 7.33. The maximum absolute atomic E-state index is 5.41. The van der Waals surface area contributed by atoms with E-state index in [9.17, 15) is 0 Å². The van der Waals surface area contributed by atoms with Gasteiger partial charge in [0.25, 0.3) is 0 Å². The highest BCUT2D eigenvalue weighted by Gasteiger charge is 2.34. The van der Waals surface area contributed by atoms with E-state index in [1.54, 1.807) is 14.2 Å². The molecule has 2 nitrogen and oxygen atoms in total. The van der Waals surface area contributed by atoms with E-state index in [4.69, 9.17) is 9.47 Å². The minimum atomic E-state index is 0.209. The lowest BCUT2D eigenvalue weighted by molar-refractivity contribution is 0.350. The molecular formula is C15H22O2S. The molecule has 0 saturated heterocycles. The normalized spacial score (nSPS) is 21.3. The van der Waals surface area contributed by atoms with Crippen LogP contribution in [0.15, 0.2) is 17.0 Å². The number of thioether (sulfide) groups is 1. The Balaban J connectivity index is 2.51. The lowest BCUT2D eigenvalue weighted by atomic mass is 9.79. The summed E-state index contributed by atoms with van der Waals surface area (Å²) in [4.78, 5) is 1.34. The maximum Gasteiger partial charge on any atom is 0.161 e. The Bertz CT molecular complexity index is 440. The van der Waals surface area contributed by atoms with Gasteiger partial charge in [-0.2, -0.15) is 0 Å². The van der Waals surface area contributed by atoms with Gasteiger partial charge in [-0.25, -0.2) is 0 Å². The molecule has 0 aromatic heterocycles. The zero-order valence-electron chi connectivity index (χ0n) is 11.9. The molecular weight excluding hydrogens is 244 g/mol. The Labute approximate surface area is 114 Å². The van der Waals surface area contributed by atoms with Gasteiger partial charge in [-0.3, -0.25) is 0 Å². The van der Waals surface area contributed by atoms with Crippen LogP contribution in [0.5, 0.6) is 11.5 Å². The fraction of sp³-hybridized carbons (Fsp3) is 0.600. The van der Waals surface area contributed by atoms with Gasteiger partial charge in [0.15, 0.2) is 11.5 Å². The summed E-state index contributed by atoms with van der Waals surface area (Å²) in [6.45, 7) is 6.90. The first-order valence-electron chi connectivity index (χ1n) is 6.45. The molecule has 100 valence electrons. The van der Waals surface area contributed by atoms with Gasteiger partial charge in [-0.1, -0.05) is 20.8 Å². The summed E-state index contributed by atoms with van der Waals surface area (Å²) in [6, 6.07) is 4.27. The van der Waals surface area contributed by atoms with Crippen LogP contribution >= 0.6 is 11.8 Å². The second kappa shape index (κ2) is 5.04. The highest BCUT2D eigenvalue weighted by Crippen LogP contribution is 2.49. The fourth-order valence-corrected chi connectivity index (χ4v) is 4.28. The average molecular weight is 266 g/mol. The largest absolute Gasteiger partial charge is 0.493 e. The summed E-state index contributed by atoms with van der Waals surface area (Å²) in [5.41, 5.74) is 1.59. The van der Waals surface area contributed by atoms with E-state index in [-0.39, 0.29) is 5.41 Å². The van der Waals surface area contributed by atoms with E-state index in [0.29, 0.717) is 5.25 Å². The SMILES string of the molecule is CCC1CC(C)(C)c2cc(OC)c(OC)cc2S1. The quantitative estimate of drug-likeness (QED) is 0.814. The minimum Gasteiger partial charge on any atom is -0.493 e. The van der Waals surface area contributed by atoms with Crippen LogP contribution in [0.1, 0.15) is 39.2 Å². The van der Waals surface area contributed by atoms with Crippen LogP contribution in [0.2, 0.25) is 0 Å². The van der Waals surface area contributed by atoms with E-state index in [1.807, 2.05) is 11.8 Å². The molecule has 1 unspecified atom stereocenters. The number of methoxy groups -OCH3 is 2. The summed E-state index contributed by atoms with van der Waals surface area (Å²) >= 11 is 1.97. The number of hydrogen-bond acceptors (Lipinski definition) is 3. The Hall–Kier alpha value is -0.830. The van der Waals surface area contributed by atoms with Crippen molar-refractivity contribution in [1.29, 1.82) is 0 Å². The molecule has 2 rings (SSSR count). The van der Waals surface area contributed by atoms with Gasteiger partial charge in [-0.15, -0.1) is 11.8 Å². The number of ether oxygens (including phenoxy) is 2. The predicted molar refractivity (Wildman–Crippen MR) is 77.1 cm³/mol. The van der Waals surface area contributed by atoms with Gasteiger partial charge in [0.2, 0.25) is 0 Å². The molecule has 1 aliphatic rings. The third-order valence-corrected chi connectivity index (χ3v) is 5.13. The van der Waals surface area contributed by atoms with E-state index >= 15 is 0 Å². The topological polar surface area (TPSA) is 18.5 Å². The minimum absolute atomic E-state index is 0.209. The number of rotatable bonds is 3. The average Bonchev–Trinajstić information content (AvgIpc) is 2.36. The molecule has 0 radical (unpaired) electrons. The standard InChI is InChI=1S/C15H22O2S/c1-6-10-9-15(2,3)11-7-12(16-4)13(17-5)8-14(11)18-10/h7-8,10H,6,9H2,1-5H3. The lowest BCUT2D eigenvalue weighted by Crippen LogP contribution is -2.27. The van der Waals surface area contributed by atoms with Gasteiger partial charge >= 0.3 is 0 Å².